The molecule has 0 atom stereocenters. The van der Waals surface area contributed by atoms with E-state index in [-0.39, 0.29) is 12.1 Å². The molecular weight excluding hydrogens is 376 g/mol. The predicted octanol–water partition coefficient (Wildman–Crippen LogP) is 3.87. The second-order valence-corrected chi connectivity index (χ2v) is 6.92. The lowest BCUT2D eigenvalue weighted by molar-refractivity contribution is 0.0840. The number of hydrogen-bond donors (Lipinski definition) is 1. The highest BCUT2D eigenvalue weighted by Gasteiger charge is 2.21. The smallest absolute Gasteiger partial charge is 0.254 e. The fraction of sp³-hybridized carbons (Fsp3) is 0.389. The van der Waals surface area contributed by atoms with Gasteiger partial charge in [0.05, 0.1) is 5.69 Å². The van der Waals surface area contributed by atoms with Crippen LogP contribution in [0.25, 0.3) is 5.78 Å². The molecule has 0 radical (unpaired) electrons. The Kier molecular flexibility index (Phi) is 4.92. The molecule has 0 amide bonds. The van der Waals surface area contributed by atoms with Gasteiger partial charge in [-0.1, -0.05) is 17.7 Å². The van der Waals surface area contributed by atoms with Gasteiger partial charge in [-0.3, -0.25) is 0 Å². The molecule has 6 nitrogen and oxygen atoms in total. The van der Waals surface area contributed by atoms with Crippen LogP contribution >= 0.6 is 11.6 Å². The van der Waals surface area contributed by atoms with Crippen LogP contribution in [0.4, 0.5) is 14.7 Å². The fourth-order valence-electron chi connectivity index (χ4n) is 3.25. The molecule has 0 saturated carbocycles. The summed E-state index contributed by atoms with van der Waals surface area (Å²) in [6.45, 7) is 3.44. The zero-order valence-electron chi connectivity index (χ0n) is 14.7. The molecule has 0 unspecified atom stereocenters. The Bertz CT molecular complexity index is 988. The average Bonchev–Trinajstić information content (AvgIpc) is 3.08. The summed E-state index contributed by atoms with van der Waals surface area (Å²) in [7, 11) is 0. The second-order valence-electron chi connectivity index (χ2n) is 6.54. The van der Waals surface area contributed by atoms with Crippen LogP contribution in [0.3, 0.4) is 0 Å². The van der Waals surface area contributed by atoms with Gasteiger partial charge in [-0.25, -0.2) is 13.8 Å². The summed E-state index contributed by atoms with van der Waals surface area (Å²) in [5, 5.41) is 6.92. The number of rotatable bonds is 4. The lowest BCUT2D eigenvalue weighted by atomic mass is 9.96. The van der Waals surface area contributed by atoms with Crippen molar-refractivity contribution < 1.29 is 13.5 Å². The van der Waals surface area contributed by atoms with E-state index in [2.05, 4.69) is 20.4 Å². The average molecular weight is 394 g/mol. The predicted molar refractivity (Wildman–Crippen MR) is 97.0 cm³/mol. The highest BCUT2D eigenvalue weighted by Crippen LogP contribution is 2.28. The first-order chi connectivity index (χ1) is 13.0. The summed E-state index contributed by atoms with van der Waals surface area (Å²) in [6.07, 6.45) is 1.83. The standard InChI is InChI=1S/C18H18ClF2N5O/c1-10-8-14(11-4-6-27-7-5-11)26-18(23-10)24-17(25-26)22-9-12-2-3-13(20)15(19)16(12)21/h2-3,8,11H,4-7,9H2,1H3,(H,22,25). The maximum atomic E-state index is 14.0. The van der Waals surface area contributed by atoms with Gasteiger partial charge in [0, 0.05) is 36.9 Å². The lowest BCUT2D eigenvalue weighted by Gasteiger charge is -2.22. The van der Waals surface area contributed by atoms with E-state index in [4.69, 9.17) is 16.3 Å². The molecule has 1 saturated heterocycles. The number of fused-ring (bicyclic) bond motifs is 1. The number of aromatic nitrogens is 4. The van der Waals surface area contributed by atoms with Gasteiger partial charge in [0.25, 0.3) is 5.78 Å². The summed E-state index contributed by atoms with van der Waals surface area (Å²) >= 11 is 5.62. The number of benzene rings is 1. The zero-order valence-corrected chi connectivity index (χ0v) is 15.4. The first-order valence-electron chi connectivity index (χ1n) is 8.71. The molecule has 0 aliphatic carbocycles. The van der Waals surface area contributed by atoms with E-state index >= 15 is 0 Å². The molecule has 1 N–H and O–H groups in total. The van der Waals surface area contributed by atoms with Crippen molar-refractivity contribution in [3.05, 3.63) is 51.8 Å². The highest BCUT2D eigenvalue weighted by atomic mass is 35.5. The van der Waals surface area contributed by atoms with E-state index in [0.29, 0.717) is 17.6 Å². The molecule has 1 aromatic carbocycles. The van der Waals surface area contributed by atoms with Crippen molar-refractivity contribution in [1.82, 2.24) is 19.6 Å². The van der Waals surface area contributed by atoms with Crippen LogP contribution in [0.2, 0.25) is 5.02 Å². The van der Waals surface area contributed by atoms with Gasteiger partial charge >= 0.3 is 0 Å². The summed E-state index contributed by atoms with van der Waals surface area (Å²) in [6, 6.07) is 4.49. The summed E-state index contributed by atoms with van der Waals surface area (Å²) in [5.41, 5.74) is 2.13. The fourth-order valence-corrected chi connectivity index (χ4v) is 3.43. The molecule has 27 heavy (non-hydrogen) atoms. The minimum atomic E-state index is -0.787. The minimum absolute atomic E-state index is 0.0777. The number of ether oxygens (including phenoxy) is 1. The molecule has 1 aliphatic rings. The number of nitrogens with one attached hydrogen (secondary N) is 1. The topological polar surface area (TPSA) is 64.3 Å². The number of hydrogen-bond acceptors (Lipinski definition) is 5. The van der Waals surface area contributed by atoms with Crippen molar-refractivity contribution in [3.63, 3.8) is 0 Å². The van der Waals surface area contributed by atoms with E-state index in [1.807, 2.05) is 13.0 Å². The van der Waals surface area contributed by atoms with Crippen LogP contribution in [0.1, 0.15) is 35.7 Å². The highest BCUT2D eigenvalue weighted by molar-refractivity contribution is 6.30. The van der Waals surface area contributed by atoms with Crippen molar-refractivity contribution in [1.29, 1.82) is 0 Å². The molecule has 3 heterocycles. The third-order valence-electron chi connectivity index (χ3n) is 4.66. The largest absolute Gasteiger partial charge is 0.381 e. The number of aryl methyl sites for hydroxylation is 1. The van der Waals surface area contributed by atoms with Crippen LogP contribution in [-0.2, 0) is 11.3 Å². The van der Waals surface area contributed by atoms with Gasteiger partial charge in [-0.2, -0.15) is 9.50 Å². The Labute approximate surface area is 159 Å². The summed E-state index contributed by atoms with van der Waals surface area (Å²) < 4.78 is 34.5. The van der Waals surface area contributed by atoms with Crippen molar-refractivity contribution in [2.75, 3.05) is 18.5 Å². The molecule has 9 heteroatoms. The second kappa shape index (κ2) is 7.36. The van der Waals surface area contributed by atoms with Crippen LogP contribution in [0.5, 0.6) is 0 Å². The third-order valence-corrected chi connectivity index (χ3v) is 5.01. The van der Waals surface area contributed by atoms with Crippen LogP contribution in [0, 0.1) is 18.6 Å². The first kappa shape index (κ1) is 18.1. The first-order valence-corrected chi connectivity index (χ1v) is 9.09. The van der Waals surface area contributed by atoms with Gasteiger partial charge in [-0.15, -0.1) is 5.10 Å². The summed E-state index contributed by atoms with van der Waals surface area (Å²) in [5.74, 6) is -0.446. The van der Waals surface area contributed by atoms with Crippen molar-refractivity contribution in [2.24, 2.45) is 0 Å². The molecule has 142 valence electrons. The Balaban J connectivity index is 1.61. The molecule has 1 aliphatic heterocycles. The molecule has 3 aromatic rings. The quantitative estimate of drug-likeness (QED) is 0.682. The summed E-state index contributed by atoms with van der Waals surface area (Å²) in [4.78, 5) is 8.81. The maximum Gasteiger partial charge on any atom is 0.254 e. The van der Waals surface area contributed by atoms with Crippen LogP contribution in [0.15, 0.2) is 18.2 Å². The Morgan fingerprint density at radius 3 is 2.81 bits per heavy atom. The normalized spacial score (nSPS) is 15.4. The molecule has 4 rings (SSSR count). The number of nitrogens with zero attached hydrogens (tertiary/aromatic N) is 4. The van der Waals surface area contributed by atoms with E-state index in [1.54, 1.807) is 4.52 Å². The Morgan fingerprint density at radius 1 is 1.26 bits per heavy atom. The number of halogens is 3. The minimum Gasteiger partial charge on any atom is -0.381 e. The van der Waals surface area contributed by atoms with Crippen LogP contribution in [-0.4, -0.2) is 32.8 Å². The van der Waals surface area contributed by atoms with Gasteiger partial charge in [0.15, 0.2) is 0 Å². The molecule has 0 bridgehead atoms. The van der Waals surface area contributed by atoms with Crippen molar-refractivity contribution in [3.8, 4) is 0 Å². The SMILES string of the molecule is Cc1cc(C2CCOCC2)n2nc(NCc3ccc(F)c(Cl)c3F)nc2n1. The Morgan fingerprint density at radius 2 is 2.04 bits per heavy atom. The van der Waals surface area contributed by atoms with Gasteiger partial charge in [0.2, 0.25) is 5.95 Å². The molecule has 1 fully saturated rings. The van der Waals surface area contributed by atoms with Gasteiger partial charge in [0.1, 0.15) is 16.7 Å². The molecular formula is C18H18ClF2N5O. The number of anilines is 1. The van der Waals surface area contributed by atoms with E-state index in [1.165, 1.54) is 6.07 Å². The third kappa shape index (κ3) is 3.59. The van der Waals surface area contributed by atoms with Gasteiger partial charge in [-0.05, 0) is 31.9 Å². The lowest BCUT2D eigenvalue weighted by Crippen LogP contribution is -2.17. The monoisotopic (exact) mass is 393 g/mol. The van der Waals surface area contributed by atoms with Gasteiger partial charge < -0.3 is 10.1 Å². The van der Waals surface area contributed by atoms with E-state index in [0.717, 1.165) is 43.5 Å². The van der Waals surface area contributed by atoms with E-state index < -0.39 is 16.7 Å². The zero-order chi connectivity index (χ0) is 19.0. The molecule has 0 spiro atoms. The van der Waals surface area contributed by atoms with Crippen LogP contribution < -0.4 is 5.32 Å². The van der Waals surface area contributed by atoms with Crippen molar-refractivity contribution >= 4 is 23.3 Å². The maximum absolute atomic E-state index is 14.0. The Hall–Kier alpha value is -2.32. The van der Waals surface area contributed by atoms with Crippen molar-refractivity contribution in [2.45, 2.75) is 32.2 Å². The van der Waals surface area contributed by atoms with E-state index in [9.17, 15) is 8.78 Å². The molecule has 2 aromatic heterocycles.